The summed E-state index contributed by atoms with van der Waals surface area (Å²) in [6.07, 6.45) is 3.78. The molecule has 0 saturated carbocycles. The van der Waals surface area contributed by atoms with Crippen molar-refractivity contribution in [2.75, 3.05) is 19.0 Å². The monoisotopic (exact) mass is 193 g/mol. The Kier molecular flexibility index (Phi) is 4.90. The van der Waals surface area contributed by atoms with E-state index in [1.165, 1.54) is 19.3 Å². The van der Waals surface area contributed by atoms with Gasteiger partial charge in [-0.3, -0.25) is 0 Å². The number of rotatable bonds is 6. The molecule has 0 aliphatic carbocycles. The molecule has 1 aromatic rings. The fraction of sp³-hybridized carbons (Fsp3) is 0.500. The van der Waals surface area contributed by atoms with Crippen molar-refractivity contribution in [3.05, 3.63) is 24.3 Å². The molecule has 0 atom stereocenters. The molecule has 0 aromatic heterocycles. The molecule has 2 heteroatoms. The molecule has 14 heavy (non-hydrogen) atoms. The van der Waals surface area contributed by atoms with Crippen LogP contribution in [-0.4, -0.2) is 13.7 Å². The van der Waals surface area contributed by atoms with E-state index in [1.807, 2.05) is 18.2 Å². The molecule has 0 heterocycles. The minimum atomic E-state index is 0.908. The maximum Gasteiger partial charge on any atom is 0.120 e. The highest BCUT2D eigenvalue weighted by Gasteiger charge is 1.93. The lowest BCUT2D eigenvalue weighted by Gasteiger charge is -2.07. The first-order valence-corrected chi connectivity index (χ1v) is 5.24. The van der Waals surface area contributed by atoms with Gasteiger partial charge in [0.2, 0.25) is 0 Å². The minimum Gasteiger partial charge on any atom is -0.497 e. The van der Waals surface area contributed by atoms with Crippen LogP contribution in [0.2, 0.25) is 0 Å². The van der Waals surface area contributed by atoms with Gasteiger partial charge in [0.05, 0.1) is 7.11 Å². The van der Waals surface area contributed by atoms with Crippen LogP contribution in [0.1, 0.15) is 26.2 Å². The molecule has 0 unspecified atom stereocenters. The van der Waals surface area contributed by atoms with Crippen LogP contribution < -0.4 is 10.1 Å². The van der Waals surface area contributed by atoms with Gasteiger partial charge in [-0.2, -0.15) is 0 Å². The van der Waals surface area contributed by atoms with E-state index in [1.54, 1.807) is 7.11 Å². The highest BCUT2D eigenvalue weighted by molar-refractivity contribution is 5.47. The van der Waals surface area contributed by atoms with Gasteiger partial charge in [0, 0.05) is 18.3 Å². The first-order valence-electron chi connectivity index (χ1n) is 5.24. The van der Waals surface area contributed by atoms with Crippen LogP contribution >= 0.6 is 0 Å². The summed E-state index contributed by atoms with van der Waals surface area (Å²) in [6, 6.07) is 8.04. The number of hydrogen-bond acceptors (Lipinski definition) is 2. The lowest BCUT2D eigenvalue weighted by molar-refractivity contribution is 0.415. The summed E-state index contributed by atoms with van der Waals surface area (Å²) in [6.45, 7) is 3.26. The van der Waals surface area contributed by atoms with E-state index in [4.69, 9.17) is 4.74 Å². The Bertz CT molecular complexity index is 260. The zero-order valence-corrected chi connectivity index (χ0v) is 9.05. The molecule has 0 spiro atoms. The van der Waals surface area contributed by atoms with Gasteiger partial charge in [0.15, 0.2) is 0 Å². The number of benzene rings is 1. The van der Waals surface area contributed by atoms with E-state index in [0.717, 1.165) is 18.0 Å². The van der Waals surface area contributed by atoms with Gasteiger partial charge in [0.25, 0.3) is 0 Å². The first kappa shape index (κ1) is 10.9. The number of ether oxygens (including phenoxy) is 1. The number of nitrogens with one attached hydrogen (secondary N) is 1. The third-order valence-corrected chi connectivity index (χ3v) is 2.18. The second kappa shape index (κ2) is 6.30. The van der Waals surface area contributed by atoms with Gasteiger partial charge in [-0.1, -0.05) is 25.8 Å². The van der Waals surface area contributed by atoms with Crippen molar-refractivity contribution >= 4 is 5.69 Å². The summed E-state index contributed by atoms with van der Waals surface area (Å²) in [5.41, 5.74) is 1.14. The zero-order chi connectivity index (χ0) is 10.2. The van der Waals surface area contributed by atoms with E-state index in [9.17, 15) is 0 Å². The second-order valence-corrected chi connectivity index (χ2v) is 3.37. The normalized spacial score (nSPS) is 9.86. The predicted octanol–water partition coefficient (Wildman–Crippen LogP) is 3.30. The molecule has 0 fully saturated rings. The molecule has 78 valence electrons. The molecule has 0 amide bonds. The molecule has 1 rings (SSSR count). The van der Waals surface area contributed by atoms with E-state index in [2.05, 4.69) is 18.3 Å². The molecule has 1 aromatic carbocycles. The molecule has 0 bridgehead atoms. The number of anilines is 1. The van der Waals surface area contributed by atoms with Crippen molar-refractivity contribution < 1.29 is 4.74 Å². The fourth-order valence-electron chi connectivity index (χ4n) is 1.34. The number of methoxy groups -OCH3 is 1. The molecule has 2 nitrogen and oxygen atoms in total. The topological polar surface area (TPSA) is 21.3 Å². The average Bonchev–Trinajstić information content (AvgIpc) is 2.25. The molecule has 0 radical (unpaired) electrons. The molecule has 0 aliphatic heterocycles. The van der Waals surface area contributed by atoms with E-state index < -0.39 is 0 Å². The van der Waals surface area contributed by atoms with Crippen LogP contribution in [0.3, 0.4) is 0 Å². The van der Waals surface area contributed by atoms with Gasteiger partial charge in [-0.25, -0.2) is 0 Å². The highest BCUT2D eigenvalue weighted by atomic mass is 16.5. The van der Waals surface area contributed by atoms with Crippen LogP contribution in [-0.2, 0) is 0 Å². The minimum absolute atomic E-state index is 0.908. The summed E-state index contributed by atoms with van der Waals surface area (Å²) in [4.78, 5) is 0. The van der Waals surface area contributed by atoms with Crippen LogP contribution in [0.4, 0.5) is 5.69 Å². The lowest BCUT2D eigenvalue weighted by Crippen LogP contribution is -2.01. The van der Waals surface area contributed by atoms with Crippen molar-refractivity contribution in [3.8, 4) is 5.75 Å². The van der Waals surface area contributed by atoms with E-state index in [0.29, 0.717) is 0 Å². The quantitative estimate of drug-likeness (QED) is 0.700. The molecule has 0 saturated heterocycles. The molecule has 0 aliphatic rings. The summed E-state index contributed by atoms with van der Waals surface area (Å²) in [7, 11) is 1.69. The van der Waals surface area contributed by atoms with Crippen molar-refractivity contribution in [2.24, 2.45) is 0 Å². The lowest BCUT2D eigenvalue weighted by atomic mass is 10.2. The van der Waals surface area contributed by atoms with E-state index in [-0.39, 0.29) is 0 Å². The molecule has 1 N–H and O–H groups in total. The fourth-order valence-corrected chi connectivity index (χ4v) is 1.34. The van der Waals surface area contributed by atoms with Crippen LogP contribution in [0.5, 0.6) is 5.75 Å². The Labute approximate surface area is 86.3 Å². The van der Waals surface area contributed by atoms with Gasteiger partial charge >= 0.3 is 0 Å². The van der Waals surface area contributed by atoms with Crippen molar-refractivity contribution in [1.82, 2.24) is 0 Å². The second-order valence-electron chi connectivity index (χ2n) is 3.37. The van der Waals surface area contributed by atoms with Crippen molar-refractivity contribution in [1.29, 1.82) is 0 Å². The highest BCUT2D eigenvalue weighted by Crippen LogP contribution is 2.16. The largest absolute Gasteiger partial charge is 0.497 e. The number of unbranched alkanes of at least 4 members (excludes halogenated alkanes) is 2. The van der Waals surface area contributed by atoms with Crippen molar-refractivity contribution in [2.45, 2.75) is 26.2 Å². The molecular weight excluding hydrogens is 174 g/mol. The third-order valence-electron chi connectivity index (χ3n) is 2.18. The standard InChI is InChI=1S/C12H19NO/c1-3-4-5-9-13-11-7-6-8-12(10-11)14-2/h6-8,10,13H,3-5,9H2,1-2H3. The van der Waals surface area contributed by atoms with Crippen LogP contribution in [0.25, 0.3) is 0 Å². The van der Waals surface area contributed by atoms with Gasteiger partial charge in [0.1, 0.15) is 5.75 Å². The SMILES string of the molecule is CCCCCNc1cccc(OC)c1. The third kappa shape index (κ3) is 3.69. The Balaban J connectivity index is 2.34. The first-order chi connectivity index (χ1) is 6.86. The van der Waals surface area contributed by atoms with Crippen molar-refractivity contribution in [3.63, 3.8) is 0 Å². The zero-order valence-electron chi connectivity index (χ0n) is 9.05. The molecular formula is C12H19NO. The Hall–Kier alpha value is -1.18. The summed E-state index contributed by atoms with van der Waals surface area (Å²) in [5.74, 6) is 0.908. The maximum absolute atomic E-state index is 5.14. The Morgan fingerprint density at radius 2 is 2.14 bits per heavy atom. The van der Waals surface area contributed by atoms with Crippen LogP contribution in [0.15, 0.2) is 24.3 Å². The van der Waals surface area contributed by atoms with Gasteiger partial charge in [-0.15, -0.1) is 0 Å². The summed E-state index contributed by atoms with van der Waals surface area (Å²) in [5, 5.41) is 3.37. The summed E-state index contributed by atoms with van der Waals surface area (Å²) >= 11 is 0. The maximum atomic E-state index is 5.14. The summed E-state index contributed by atoms with van der Waals surface area (Å²) < 4.78 is 5.14. The van der Waals surface area contributed by atoms with Gasteiger partial charge < -0.3 is 10.1 Å². The predicted molar refractivity (Wildman–Crippen MR) is 61.0 cm³/mol. The van der Waals surface area contributed by atoms with Gasteiger partial charge in [-0.05, 0) is 18.6 Å². The Morgan fingerprint density at radius 1 is 1.29 bits per heavy atom. The average molecular weight is 193 g/mol. The Morgan fingerprint density at radius 3 is 2.86 bits per heavy atom. The van der Waals surface area contributed by atoms with E-state index >= 15 is 0 Å². The smallest absolute Gasteiger partial charge is 0.120 e. The number of hydrogen-bond donors (Lipinski definition) is 1. The van der Waals surface area contributed by atoms with Crippen LogP contribution in [0, 0.1) is 0 Å².